The monoisotopic (exact) mass is 484 g/mol. The average Bonchev–Trinajstić information content (AvgIpc) is 2.83. The fourth-order valence-corrected chi connectivity index (χ4v) is 6.11. The normalized spacial score (nSPS) is 18.7. The molecule has 2 N–H and O–H groups in total. The molecule has 0 aliphatic carbocycles. The number of fused-ring (bicyclic) bond motifs is 1. The van der Waals surface area contributed by atoms with Crippen LogP contribution in [-0.2, 0) is 19.6 Å². The Labute approximate surface area is 199 Å². The molecule has 0 spiro atoms. The third-order valence-electron chi connectivity index (χ3n) is 5.99. The quantitative estimate of drug-likeness (QED) is 0.654. The lowest BCUT2D eigenvalue weighted by atomic mass is 10.0. The largest absolute Gasteiger partial charge is 0.325 e. The van der Waals surface area contributed by atoms with Crippen molar-refractivity contribution in [1.29, 1.82) is 0 Å². The second kappa shape index (κ2) is 9.94. The van der Waals surface area contributed by atoms with Crippen molar-refractivity contribution in [2.24, 2.45) is 0 Å². The van der Waals surface area contributed by atoms with Crippen LogP contribution in [0.2, 0.25) is 0 Å². The first kappa shape index (κ1) is 23.9. The number of anilines is 3. The molecule has 4 rings (SSSR count). The van der Waals surface area contributed by atoms with Crippen molar-refractivity contribution in [3.63, 3.8) is 0 Å². The molecule has 0 bridgehead atoms. The molecule has 1 unspecified atom stereocenters. The topological polar surface area (TPSA) is 116 Å². The Hall–Kier alpha value is -3.24. The van der Waals surface area contributed by atoms with Gasteiger partial charge in [0.2, 0.25) is 21.8 Å². The van der Waals surface area contributed by atoms with E-state index in [1.807, 2.05) is 0 Å². The molecule has 34 heavy (non-hydrogen) atoms. The van der Waals surface area contributed by atoms with Crippen LogP contribution in [0.1, 0.15) is 43.0 Å². The van der Waals surface area contributed by atoms with Gasteiger partial charge in [0.05, 0.1) is 17.1 Å². The van der Waals surface area contributed by atoms with E-state index < -0.39 is 16.1 Å². The lowest BCUT2D eigenvalue weighted by molar-refractivity contribution is -0.120. The van der Waals surface area contributed by atoms with Crippen LogP contribution in [0.4, 0.5) is 17.1 Å². The summed E-state index contributed by atoms with van der Waals surface area (Å²) in [6, 6.07) is 12.7. The summed E-state index contributed by atoms with van der Waals surface area (Å²) in [5.74, 6) is -0.957. The smallest absolute Gasteiger partial charge is 0.258 e. The average molecular weight is 485 g/mol. The van der Waals surface area contributed by atoms with Gasteiger partial charge in [0.25, 0.3) is 5.91 Å². The van der Waals surface area contributed by atoms with E-state index in [-0.39, 0.29) is 30.0 Å². The number of nitrogens with one attached hydrogen (secondary N) is 2. The van der Waals surface area contributed by atoms with Gasteiger partial charge in [0.1, 0.15) is 12.6 Å². The first-order chi connectivity index (χ1) is 16.3. The van der Waals surface area contributed by atoms with E-state index in [0.29, 0.717) is 42.0 Å². The number of benzene rings is 2. The molecule has 1 fully saturated rings. The van der Waals surface area contributed by atoms with Gasteiger partial charge in [-0.05, 0) is 55.7 Å². The molecule has 1 atom stereocenters. The number of para-hydroxylation sites is 2. The molecular weight excluding hydrogens is 456 g/mol. The number of carbonyl (C=O) groups excluding carboxylic acids is 3. The summed E-state index contributed by atoms with van der Waals surface area (Å²) in [7, 11) is -3.49. The minimum Gasteiger partial charge on any atom is -0.325 e. The fraction of sp³-hybridized carbons (Fsp3) is 0.375. The summed E-state index contributed by atoms with van der Waals surface area (Å²) < 4.78 is 26.5. The van der Waals surface area contributed by atoms with Gasteiger partial charge in [-0.2, -0.15) is 4.31 Å². The highest BCUT2D eigenvalue weighted by molar-refractivity contribution is 7.89. The predicted molar refractivity (Wildman–Crippen MR) is 130 cm³/mol. The number of amides is 3. The first-order valence-corrected chi connectivity index (χ1v) is 13.0. The van der Waals surface area contributed by atoms with Gasteiger partial charge in [-0.15, -0.1) is 0 Å². The molecule has 1 saturated heterocycles. The summed E-state index contributed by atoms with van der Waals surface area (Å²) in [5, 5.41) is 5.54. The molecule has 180 valence electrons. The number of sulfonamides is 1. The summed E-state index contributed by atoms with van der Waals surface area (Å²) in [5.41, 5.74) is 2.03. The fourth-order valence-electron chi connectivity index (χ4n) is 4.37. The number of nitrogens with zero attached hydrogens (tertiary/aromatic N) is 2. The molecular formula is C24H28N4O5S. The Balaban J connectivity index is 1.47. The molecule has 0 radical (unpaired) electrons. The van der Waals surface area contributed by atoms with Gasteiger partial charge in [0.15, 0.2) is 0 Å². The van der Waals surface area contributed by atoms with Crippen molar-refractivity contribution in [3.8, 4) is 0 Å². The maximum Gasteiger partial charge on any atom is 0.258 e. The molecule has 2 heterocycles. The first-order valence-electron chi connectivity index (χ1n) is 11.4. The van der Waals surface area contributed by atoms with Gasteiger partial charge < -0.3 is 10.6 Å². The van der Waals surface area contributed by atoms with E-state index in [1.165, 1.54) is 9.21 Å². The van der Waals surface area contributed by atoms with E-state index >= 15 is 0 Å². The zero-order valence-electron chi connectivity index (χ0n) is 19.0. The maximum absolute atomic E-state index is 13.1. The molecule has 10 heteroatoms. The SMILES string of the molecule is CCCS(=O)(=O)N1CCCCC1C(=O)Nc1ccc(C(=O)N2CC(=O)Nc3ccccc32)cc1. The Morgan fingerprint density at radius 3 is 2.56 bits per heavy atom. The Kier molecular flexibility index (Phi) is 6.99. The van der Waals surface area contributed by atoms with Gasteiger partial charge in [-0.3, -0.25) is 19.3 Å². The van der Waals surface area contributed by atoms with Gasteiger partial charge in [0, 0.05) is 17.8 Å². The highest BCUT2D eigenvalue weighted by Crippen LogP contribution is 2.30. The predicted octanol–water partition coefficient (Wildman–Crippen LogP) is 2.82. The highest BCUT2D eigenvalue weighted by atomic mass is 32.2. The van der Waals surface area contributed by atoms with Crippen LogP contribution in [-0.4, -0.2) is 55.3 Å². The van der Waals surface area contributed by atoms with Gasteiger partial charge in [-0.1, -0.05) is 25.5 Å². The molecule has 3 amide bonds. The van der Waals surface area contributed by atoms with Crippen LogP contribution in [0, 0.1) is 0 Å². The Morgan fingerprint density at radius 1 is 1.09 bits per heavy atom. The van der Waals surface area contributed by atoms with E-state index in [9.17, 15) is 22.8 Å². The maximum atomic E-state index is 13.1. The van der Waals surface area contributed by atoms with Crippen molar-refractivity contribution in [2.45, 2.75) is 38.6 Å². The van der Waals surface area contributed by atoms with Gasteiger partial charge in [-0.25, -0.2) is 8.42 Å². The highest BCUT2D eigenvalue weighted by Gasteiger charge is 2.36. The molecule has 9 nitrogen and oxygen atoms in total. The zero-order chi connectivity index (χ0) is 24.3. The second-order valence-electron chi connectivity index (χ2n) is 8.46. The molecule has 2 aliphatic rings. The Morgan fingerprint density at radius 2 is 1.82 bits per heavy atom. The summed E-state index contributed by atoms with van der Waals surface area (Å²) >= 11 is 0. The lowest BCUT2D eigenvalue weighted by Crippen LogP contribution is -2.50. The van der Waals surface area contributed by atoms with E-state index in [2.05, 4.69) is 10.6 Å². The lowest BCUT2D eigenvalue weighted by Gasteiger charge is -2.33. The van der Waals surface area contributed by atoms with Crippen molar-refractivity contribution in [1.82, 2.24) is 4.31 Å². The summed E-state index contributed by atoms with van der Waals surface area (Å²) in [4.78, 5) is 39.5. The second-order valence-corrected chi connectivity index (χ2v) is 10.5. The van der Waals surface area contributed by atoms with Crippen LogP contribution in [0.3, 0.4) is 0 Å². The van der Waals surface area contributed by atoms with E-state index in [1.54, 1.807) is 55.5 Å². The number of hydrogen-bond acceptors (Lipinski definition) is 5. The summed E-state index contributed by atoms with van der Waals surface area (Å²) in [6.45, 7) is 2.06. The van der Waals surface area contributed by atoms with Crippen LogP contribution in [0.25, 0.3) is 0 Å². The minimum atomic E-state index is -3.49. The van der Waals surface area contributed by atoms with Crippen molar-refractivity contribution in [2.75, 3.05) is 34.4 Å². The zero-order valence-corrected chi connectivity index (χ0v) is 19.8. The van der Waals surface area contributed by atoms with Crippen LogP contribution >= 0.6 is 0 Å². The number of carbonyl (C=O) groups is 3. The molecule has 2 aromatic rings. The third-order valence-corrected chi connectivity index (χ3v) is 8.07. The number of piperidine rings is 1. The molecule has 0 aromatic heterocycles. The minimum absolute atomic E-state index is 0.0191. The van der Waals surface area contributed by atoms with Crippen molar-refractivity contribution < 1.29 is 22.8 Å². The molecule has 2 aromatic carbocycles. The third kappa shape index (κ3) is 4.97. The van der Waals surface area contributed by atoms with Gasteiger partial charge >= 0.3 is 0 Å². The molecule has 0 saturated carbocycles. The van der Waals surface area contributed by atoms with Crippen LogP contribution in [0.15, 0.2) is 48.5 Å². The standard InChI is InChI=1S/C24H28N4O5S/c1-2-15-34(32,33)28-14-6-5-9-21(28)23(30)25-18-12-10-17(11-13-18)24(31)27-16-22(29)26-19-7-3-4-8-20(19)27/h3-4,7-8,10-13,21H,2,5-6,9,14-16H2,1H3,(H,25,30)(H,26,29). The molecule has 2 aliphatic heterocycles. The van der Waals surface area contributed by atoms with Crippen molar-refractivity contribution >= 4 is 44.8 Å². The van der Waals surface area contributed by atoms with E-state index in [0.717, 1.165) is 12.8 Å². The van der Waals surface area contributed by atoms with E-state index in [4.69, 9.17) is 0 Å². The van der Waals surface area contributed by atoms with Crippen LogP contribution < -0.4 is 15.5 Å². The Bertz CT molecular complexity index is 1200. The van der Waals surface area contributed by atoms with Crippen molar-refractivity contribution in [3.05, 3.63) is 54.1 Å². The summed E-state index contributed by atoms with van der Waals surface area (Å²) in [6.07, 6.45) is 2.49. The number of hydrogen-bond donors (Lipinski definition) is 2. The van der Waals surface area contributed by atoms with Crippen LogP contribution in [0.5, 0.6) is 0 Å². The number of rotatable bonds is 6.